The number of hydrogen-bond donors (Lipinski definition) is 2. The average molecular weight is 362 g/mol. The van der Waals surface area contributed by atoms with Gasteiger partial charge in [-0.05, 0) is 42.0 Å². The maximum Gasteiger partial charge on any atom is 0.416 e. The lowest BCUT2D eigenvalue weighted by Crippen LogP contribution is -2.08. The summed E-state index contributed by atoms with van der Waals surface area (Å²) in [6, 6.07) is 10.2. The van der Waals surface area contributed by atoms with Crippen molar-refractivity contribution in [3.05, 3.63) is 59.8 Å². The Morgan fingerprint density at radius 3 is 2.54 bits per heavy atom. The van der Waals surface area contributed by atoms with Crippen molar-refractivity contribution < 1.29 is 22.7 Å². The highest BCUT2D eigenvalue weighted by Gasteiger charge is 2.30. The second-order valence-corrected chi connectivity index (χ2v) is 5.79. The molecule has 4 nitrogen and oxygen atoms in total. The van der Waals surface area contributed by atoms with Crippen LogP contribution in [0.15, 0.2) is 48.7 Å². The Labute approximate surface area is 148 Å². The Morgan fingerprint density at radius 2 is 1.88 bits per heavy atom. The third-order valence-corrected chi connectivity index (χ3v) is 3.93. The molecule has 0 atom stereocenters. The van der Waals surface area contributed by atoms with Gasteiger partial charge in [-0.2, -0.15) is 13.2 Å². The van der Waals surface area contributed by atoms with Crippen LogP contribution in [-0.4, -0.2) is 10.9 Å². The third kappa shape index (κ3) is 3.99. The van der Waals surface area contributed by atoms with Crippen molar-refractivity contribution in [3.8, 4) is 5.75 Å². The maximum atomic E-state index is 12.6. The molecule has 7 heteroatoms. The van der Waals surface area contributed by atoms with E-state index in [2.05, 4.69) is 10.3 Å². The highest BCUT2D eigenvalue weighted by atomic mass is 19.4. The van der Waals surface area contributed by atoms with Gasteiger partial charge in [0.1, 0.15) is 12.4 Å². The number of hydrogen-bond acceptors (Lipinski definition) is 2. The number of H-pyrrole nitrogens is 1. The predicted molar refractivity (Wildman–Crippen MR) is 93.0 cm³/mol. The Morgan fingerprint density at radius 1 is 1.15 bits per heavy atom. The summed E-state index contributed by atoms with van der Waals surface area (Å²) in [5, 5.41) is 3.67. The summed E-state index contributed by atoms with van der Waals surface area (Å²) in [6.45, 7) is 1.97. The normalized spacial score (nSPS) is 11.5. The van der Waals surface area contributed by atoms with Gasteiger partial charge in [0.25, 0.3) is 0 Å². The monoisotopic (exact) mass is 362 g/mol. The molecule has 0 aliphatic carbocycles. The molecule has 0 saturated heterocycles. The number of carbonyl (C=O) groups excluding carboxylic acids is 1. The lowest BCUT2D eigenvalue weighted by Gasteiger charge is -2.10. The van der Waals surface area contributed by atoms with Crippen LogP contribution in [0.1, 0.15) is 24.5 Å². The number of anilines is 1. The van der Waals surface area contributed by atoms with Gasteiger partial charge in [-0.25, -0.2) is 0 Å². The van der Waals surface area contributed by atoms with E-state index in [1.807, 2.05) is 18.2 Å². The van der Waals surface area contributed by atoms with Gasteiger partial charge in [-0.15, -0.1) is 0 Å². The van der Waals surface area contributed by atoms with Gasteiger partial charge in [-0.1, -0.05) is 13.0 Å². The quantitative estimate of drug-likeness (QED) is 0.662. The Kier molecular flexibility index (Phi) is 4.88. The largest absolute Gasteiger partial charge is 0.489 e. The molecule has 0 bridgehead atoms. The van der Waals surface area contributed by atoms with Crippen LogP contribution in [0.25, 0.3) is 10.9 Å². The molecular formula is C19H17F3N2O2. The van der Waals surface area contributed by atoms with Gasteiger partial charge in [0.05, 0.1) is 11.3 Å². The third-order valence-electron chi connectivity index (χ3n) is 3.93. The van der Waals surface area contributed by atoms with E-state index >= 15 is 0 Å². The Hall–Kier alpha value is -2.96. The zero-order chi connectivity index (χ0) is 18.7. The standard InChI is InChI=1S/C19H17F3N2O2/c1-2-18(25)24-17-10-23-16-8-3-12(9-15(16)17)11-26-14-6-4-13(5-7-14)19(20,21)22/h3-10,23H,2,11H2,1H3,(H,24,25). The Bertz CT molecular complexity index is 915. The minimum Gasteiger partial charge on any atom is -0.489 e. The summed E-state index contributed by atoms with van der Waals surface area (Å²) in [5.74, 6) is 0.268. The summed E-state index contributed by atoms with van der Waals surface area (Å²) in [4.78, 5) is 14.7. The zero-order valence-corrected chi connectivity index (χ0v) is 14.0. The topological polar surface area (TPSA) is 54.1 Å². The van der Waals surface area contributed by atoms with Crippen molar-refractivity contribution in [2.45, 2.75) is 26.1 Å². The summed E-state index contributed by atoms with van der Waals surface area (Å²) in [5.41, 5.74) is 1.68. The molecular weight excluding hydrogens is 345 g/mol. The molecule has 2 N–H and O–H groups in total. The minimum atomic E-state index is -4.36. The molecule has 0 unspecified atom stereocenters. The first kappa shape index (κ1) is 17.8. The number of aromatic nitrogens is 1. The van der Waals surface area contributed by atoms with Crippen LogP contribution >= 0.6 is 0 Å². The maximum absolute atomic E-state index is 12.6. The molecule has 0 aliphatic rings. The van der Waals surface area contributed by atoms with Crippen molar-refractivity contribution in [1.82, 2.24) is 4.98 Å². The van der Waals surface area contributed by atoms with Gasteiger partial charge in [-0.3, -0.25) is 4.79 Å². The summed E-state index contributed by atoms with van der Waals surface area (Å²) < 4.78 is 43.3. The van der Waals surface area contributed by atoms with E-state index in [9.17, 15) is 18.0 Å². The molecule has 1 aromatic heterocycles. The zero-order valence-electron chi connectivity index (χ0n) is 14.0. The lowest BCUT2D eigenvalue weighted by atomic mass is 10.1. The molecule has 2 aromatic carbocycles. The van der Waals surface area contributed by atoms with Gasteiger partial charge in [0, 0.05) is 23.5 Å². The van der Waals surface area contributed by atoms with Crippen molar-refractivity contribution in [3.63, 3.8) is 0 Å². The molecule has 3 aromatic rings. The summed E-state index contributed by atoms with van der Waals surface area (Å²) >= 11 is 0. The number of aromatic amines is 1. The van der Waals surface area contributed by atoms with Crippen molar-refractivity contribution in [2.75, 3.05) is 5.32 Å². The van der Waals surface area contributed by atoms with Crippen molar-refractivity contribution in [2.24, 2.45) is 0 Å². The molecule has 1 amide bonds. The fraction of sp³-hybridized carbons (Fsp3) is 0.211. The van der Waals surface area contributed by atoms with Gasteiger partial charge in [0.15, 0.2) is 0 Å². The second-order valence-electron chi connectivity index (χ2n) is 5.79. The van der Waals surface area contributed by atoms with Crippen molar-refractivity contribution >= 4 is 22.5 Å². The lowest BCUT2D eigenvalue weighted by molar-refractivity contribution is -0.137. The predicted octanol–water partition coefficient (Wildman–Crippen LogP) is 5.11. The second kappa shape index (κ2) is 7.11. The summed E-state index contributed by atoms with van der Waals surface area (Å²) in [7, 11) is 0. The number of carbonyl (C=O) groups is 1. The van der Waals surface area contributed by atoms with E-state index < -0.39 is 11.7 Å². The average Bonchev–Trinajstić information content (AvgIpc) is 3.01. The summed E-state index contributed by atoms with van der Waals surface area (Å²) in [6.07, 6.45) is -2.26. The first-order valence-corrected chi connectivity index (χ1v) is 8.06. The molecule has 1 heterocycles. The van der Waals surface area contributed by atoms with Crippen LogP contribution in [0.4, 0.5) is 18.9 Å². The van der Waals surface area contributed by atoms with E-state index in [4.69, 9.17) is 4.74 Å². The SMILES string of the molecule is CCC(=O)Nc1c[nH]c2ccc(COc3ccc(C(F)(F)F)cc3)cc12. The number of amides is 1. The molecule has 26 heavy (non-hydrogen) atoms. The van der Waals surface area contributed by atoms with Crippen LogP contribution in [0.3, 0.4) is 0 Å². The minimum absolute atomic E-state index is 0.0858. The number of benzene rings is 2. The van der Waals surface area contributed by atoms with Crippen molar-refractivity contribution in [1.29, 1.82) is 0 Å². The highest BCUT2D eigenvalue weighted by Crippen LogP contribution is 2.30. The van der Waals surface area contributed by atoms with Gasteiger partial charge in [0.2, 0.25) is 5.91 Å². The van der Waals surface area contributed by atoms with Gasteiger partial charge < -0.3 is 15.0 Å². The first-order valence-electron chi connectivity index (χ1n) is 8.06. The first-order chi connectivity index (χ1) is 12.4. The number of alkyl halides is 3. The number of ether oxygens (including phenoxy) is 1. The van der Waals surface area contributed by atoms with E-state index in [1.165, 1.54) is 12.1 Å². The van der Waals surface area contributed by atoms with Gasteiger partial charge >= 0.3 is 6.18 Å². The fourth-order valence-corrected chi connectivity index (χ4v) is 2.51. The van der Waals surface area contributed by atoms with Crippen LogP contribution in [0.2, 0.25) is 0 Å². The number of nitrogens with one attached hydrogen (secondary N) is 2. The number of rotatable bonds is 5. The number of halogens is 3. The van der Waals surface area contributed by atoms with E-state index in [-0.39, 0.29) is 12.5 Å². The Balaban J connectivity index is 1.72. The van der Waals surface area contributed by atoms with Crippen LogP contribution in [0, 0.1) is 0 Å². The molecule has 0 radical (unpaired) electrons. The highest BCUT2D eigenvalue weighted by molar-refractivity contribution is 6.01. The molecule has 0 fully saturated rings. The smallest absolute Gasteiger partial charge is 0.416 e. The van der Waals surface area contributed by atoms with Crippen LogP contribution < -0.4 is 10.1 Å². The van der Waals surface area contributed by atoms with Crippen LogP contribution in [0.5, 0.6) is 5.75 Å². The number of fused-ring (bicyclic) bond motifs is 1. The molecule has 136 valence electrons. The molecule has 0 aliphatic heterocycles. The molecule has 3 rings (SSSR count). The molecule has 0 spiro atoms. The molecule has 0 saturated carbocycles. The van der Waals surface area contributed by atoms with E-state index in [0.717, 1.165) is 28.6 Å². The van der Waals surface area contributed by atoms with E-state index in [0.29, 0.717) is 17.9 Å². The fourth-order valence-electron chi connectivity index (χ4n) is 2.51. The van der Waals surface area contributed by atoms with Crippen LogP contribution in [-0.2, 0) is 17.6 Å². The van der Waals surface area contributed by atoms with E-state index in [1.54, 1.807) is 13.1 Å².